The highest BCUT2D eigenvalue weighted by Gasteiger charge is 2.24. The standard InChI is InChI=1S/C13H20N2O/c1-3-10-7-15(8-10)9-11-4-5-13(16-2)12(14)6-11/h4-6,10H,3,7-9,14H2,1-2H3. The highest BCUT2D eigenvalue weighted by molar-refractivity contribution is 5.54. The van der Waals surface area contributed by atoms with E-state index in [0.717, 1.165) is 23.9 Å². The SMILES string of the molecule is CCC1CN(Cc2ccc(OC)c(N)c2)C1. The van der Waals surface area contributed by atoms with Crippen molar-refractivity contribution in [2.75, 3.05) is 25.9 Å². The predicted molar refractivity (Wildman–Crippen MR) is 66.5 cm³/mol. The van der Waals surface area contributed by atoms with E-state index in [0.29, 0.717) is 0 Å². The van der Waals surface area contributed by atoms with Gasteiger partial charge in [-0.05, 0) is 23.6 Å². The Kier molecular flexibility index (Phi) is 3.34. The molecule has 2 rings (SSSR count). The van der Waals surface area contributed by atoms with Gasteiger partial charge in [0.05, 0.1) is 12.8 Å². The van der Waals surface area contributed by atoms with Gasteiger partial charge in [0, 0.05) is 19.6 Å². The molecule has 0 amide bonds. The van der Waals surface area contributed by atoms with E-state index >= 15 is 0 Å². The fourth-order valence-corrected chi connectivity index (χ4v) is 2.20. The van der Waals surface area contributed by atoms with E-state index < -0.39 is 0 Å². The van der Waals surface area contributed by atoms with Gasteiger partial charge in [-0.3, -0.25) is 4.90 Å². The van der Waals surface area contributed by atoms with Crippen LogP contribution >= 0.6 is 0 Å². The summed E-state index contributed by atoms with van der Waals surface area (Å²) in [5.41, 5.74) is 7.88. The lowest BCUT2D eigenvalue weighted by Gasteiger charge is -2.38. The van der Waals surface area contributed by atoms with Gasteiger partial charge in [-0.2, -0.15) is 0 Å². The normalized spacial score (nSPS) is 17.1. The molecular weight excluding hydrogens is 200 g/mol. The van der Waals surface area contributed by atoms with Crippen LogP contribution in [0.1, 0.15) is 18.9 Å². The van der Waals surface area contributed by atoms with Crippen molar-refractivity contribution in [2.45, 2.75) is 19.9 Å². The Balaban J connectivity index is 1.93. The summed E-state index contributed by atoms with van der Waals surface area (Å²) in [7, 11) is 1.65. The van der Waals surface area contributed by atoms with Crippen LogP contribution in [0.2, 0.25) is 0 Å². The molecule has 16 heavy (non-hydrogen) atoms. The minimum Gasteiger partial charge on any atom is -0.495 e. The van der Waals surface area contributed by atoms with Crippen molar-refractivity contribution in [3.05, 3.63) is 23.8 Å². The van der Waals surface area contributed by atoms with Crippen LogP contribution in [0, 0.1) is 5.92 Å². The van der Waals surface area contributed by atoms with Gasteiger partial charge in [0.15, 0.2) is 0 Å². The Labute approximate surface area is 97.2 Å². The summed E-state index contributed by atoms with van der Waals surface area (Å²) in [6, 6.07) is 6.05. The molecule has 0 saturated carbocycles. The molecule has 1 saturated heterocycles. The first-order valence-corrected chi connectivity index (χ1v) is 5.87. The molecule has 0 spiro atoms. The molecule has 2 N–H and O–H groups in total. The third-order valence-electron chi connectivity index (χ3n) is 3.31. The first kappa shape index (κ1) is 11.3. The number of methoxy groups -OCH3 is 1. The zero-order valence-corrected chi connectivity index (χ0v) is 10.1. The molecule has 0 bridgehead atoms. The second kappa shape index (κ2) is 4.74. The molecule has 1 aromatic rings. The molecule has 0 aliphatic carbocycles. The molecular formula is C13H20N2O. The Morgan fingerprint density at radius 3 is 2.75 bits per heavy atom. The second-order valence-electron chi connectivity index (χ2n) is 4.54. The number of benzene rings is 1. The van der Waals surface area contributed by atoms with Crippen molar-refractivity contribution in [1.29, 1.82) is 0 Å². The van der Waals surface area contributed by atoms with Gasteiger partial charge in [-0.15, -0.1) is 0 Å². The van der Waals surface area contributed by atoms with Crippen molar-refractivity contribution < 1.29 is 4.74 Å². The number of nitrogens with zero attached hydrogens (tertiary/aromatic N) is 1. The molecule has 0 unspecified atom stereocenters. The lowest BCUT2D eigenvalue weighted by molar-refractivity contribution is 0.0899. The zero-order valence-electron chi connectivity index (χ0n) is 10.1. The smallest absolute Gasteiger partial charge is 0.141 e. The van der Waals surface area contributed by atoms with Crippen LogP contribution in [0.4, 0.5) is 5.69 Å². The third-order valence-corrected chi connectivity index (χ3v) is 3.31. The first-order valence-electron chi connectivity index (χ1n) is 5.87. The number of ether oxygens (including phenoxy) is 1. The third kappa shape index (κ3) is 2.30. The van der Waals surface area contributed by atoms with Crippen LogP contribution in [-0.2, 0) is 6.54 Å². The highest BCUT2D eigenvalue weighted by atomic mass is 16.5. The summed E-state index contributed by atoms with van der Waals surface area (Å²) in [4.78, 5) is 2.45. The predicted octanol–water partition coefficient (Wildman–Crippen LogP) is 2.12. The molecule has 88 valence electrons. The van der Waals surface area contributed by atoms with Crippen molar-refractivity contribution >= 4 is 5.69 Å². The largest absolute Gasteiger partial charge is 0.495 e. The maximum absolute atomic E-state index is 5.88. The molecule has 1 heterocycles. The van der Waals surface area contributed by atoms with Crippen LogP contribution in [0.5, 0.6) is 5.75 Å². The lowest BCUT2D eigenvalue weighted by Crippen LogP contribution is -2.45. The highest BCUT2D eigenvalue weighted by Crippen LogP contribution is 2.25. The molecule has 0 aromatic heterocycles. The number of nitrogens with two attached hydrogens (primary N) is 1. The fourth-order valence-electron chi connectivity index (χ4n) is 2.20. The molecule has 1 aliphatic rings. The summed E-state index contributed by atoms with van der Waals surface area (Å²) in [6.07, 6.45) is 1.29. The van der Waals surface area contributed by atoms with Crippen LogP contribution in [0.25, 0.3) is 0 Å². The molecule has 1 fully saturated rings. The van der Waals surface area contributed by atoms with Gasteiger partial charge < -0.3 is 10.5 Å². The van der Waals surface area contributed by atoms with E-state index in [2.05, 4.69) is 17.9 Å². The van der Waals surface area contributed by atoms with Crippen molar-refractivity contribution in [2.24, 2.45) is 5.92 Å². The van der Waals surface area contributed by atoms with Crippen molar-refractivity contribution in [1.82, 2.24) is 4.90 Å². The molecule has 0 atom stereocenters. The molecule has 3 heteroatoms. The average molecular weight is 220 g/mol. The number of rotatable bonds is 4. The average Bonchev–Trinajstić information content (AvgIpc) is 2.23. The van der Waals surface area contributed by atoms with Crippen LogP contribution in [-0.4, -0.2) is 25.1 Å². The second-order valence-corrected chi connectivity index (χ2v) is 4.54. The van der Waals surface area contributed by atoms with E-state index in [1.165, 1.54) is 25.1 Å². The zero-order chi connectivity index (χ0) is 11.5. The number of anilines is 1. The van der Waals surface area contributed by atoms with Crippen molar-refractivity contribution in [3.63, 3.8) is 0 Å². The van der Waals surface area contributed by atoms with E-state index in [-0.39, 0.29) is 0 Å². The van der Waals surface area contributed by atoms with Gasteiger partial charge in [0.2, 0.25) is 0 Å². The van der Waals surface area contributed by atoms with E-state index in [9.17, 15) is 0 Å². The molecule has 0 radical (unpaired) electrons. The summed E-state index contributed by atoms with van der Waals surface area (Å²) in [5.74, 6) is 1.66. The van der Waals surface area contributed by atoms with Gasteiger partial charge >= 0.3 is 0 Å². The first-order chi connectivity index (χ1) is 7.72. The maximum atomic E-state index is 5.88. The van der Waals surface area contributed by atoms with Crippen LogP contribution in [0.15, 0.2) is 18.2 Å². The molecule has 1 aliphatic heterocycles. The number of likely N-dealkylation sites (tertiary alicyclic amines) is 1. The lowest BCUT2D eigenvalue weighted by atomic mass is 9.96. The minimum absolute atomic E-state index is 0.729. The Hall–Kier alpha value is -1.22. The Morgan fingerprint density at radius 2 is 2.19 bits per heavy atom. The monoisotopic (exact) mass is 220 g/mol. The minimum atomic E-state index is 0.729. The maximum Gasteiger partial charge on any atom is 0.141 e. The van der Waals surface area contributed by atoms with Crippen molar-refractivity contribution in [3.8, 4) is 5.75 Å². The molecule has 3 nitrogen and oxygen atoms in total. The van der Waals surface area contributed by atoms with E-state index in [4.69, 9.17) is 10.5 Å². The van der Waals surface area contributed by atoms with Gasteiger partial charge in [-0.1, -0.05) is 19.4 Å². The fraction of sp³-hybridized carbons (Fsp3) is 0.538. The number of nitrogen functional groups attached to an aromatic ring is 1. The summed E-state index contributed by atoms with van der Waals surface area (Å²) < 4.78 is 5.14. The summed E-state index contributed by atoms with van der Waals surface area (Å²) in [5, 5.41) is 0. The Bertz CT molecular complexity index is 359. The quantitative estimate of drug-likeness (QED) is 0.790. The Morgan fingerprint density at radius 1 is 1.44 bits per heavy atom. The van der Waals surface area contributed by atoms with E-state index in [1.807, 2.05) is 12.1 Å². The van der Waals surface area contributed by atoms with Crippen LogP contribution in [0.3, 0.4) is 0 Å². The molecule has 1 aromatic carbocycles. The topological polar surface area (TPSA) is 38.5 Å². The number of hydrogen-bond donors (Lipinski definition) is 1. The summed E-state index contributed by atoms with van der Waals surface area (Å²) in [6.45, 7) is 5.71. The van der Waals surface area contributed by atoms with Gasteiger partial charge in [-0.25, -0.2) is 0 Å². The van der Waals surface area contributed by atoms with Crippen LogP contribution < -0.4 is 10.5 Å². The van der Waals surface area contributed by atoms with E-state index in [1.54, 1.807) is 7.11 Å². The van der Waals surface area contributed by atoms with Gasteiger partial charge in [0.25, 0.3) is 0 Å². The number of hydrogen-bond acceptors (Lipinski definition) is 3. The summed E-state index contributed by atoms with van der Waals surface area (Å²) >= 11 is 0. The van der Waals surface area contributed by atoms with Gasteiger partial charge in [0.1, 0.15) is 5.75 Å².